The maximum atomic E-state index is 13.6. The summed E-state index contributed by atoms with van der Waals surface area (Å²) in [4.78, 5) is 13.6. The van der Waals surface area contributed by atoms with Crippen LogP contribution in [-0.2, 0) is 56.7 Å². The van der Waals surface area contributed by atoms with Crippen LogP contribution in [0.25, 0.3) is 11.0 Å². The summed E-state index contributed by atoms with van der Waals surface area (Å²) >= 11 is 0. The fourth-order valence-corrected chi connectivity index (χ4v) is 7.50. The number of benzene rings is 6. The molecule has 0 radical (unpaired) electrons. The molecule has 1 aliphatic heterocycles. The lowest BCUT2D eigenvalue weighted by Crippen LogP contribution is -2.62. The summed E-state index contributed by atoms with van der Waals surface area (Å²) in [5.41, 5.74) is 4.52. The van der Waals surface area contributed by atoms with Crippen molar-refractivity contribution in [2.24, 2.45) is 0 Å². The zero-order valence-electron chi connectivity index (χ0n) is 36.0. The van der Waals surface area contributed by atoms with Gasteiger partial charge in [-0.25, -0.2) is 4.79 Å². The normalized spacial score (nSPS) is 18.4. The van der Waals surface area contributed by atoms with Crippen molar-refractivity contribution in [2.45, 2.75) is 83.5 Å². The van der Waals surface area contributed by atoms with E-state index < -0.39 is 36.3 Å². The highest BCUT2D eigenvalue weighted by Gasteiger charge is 2.50. The molecule has 0 N–H and O–H groups in total. The second-order valence-electron chi connectivity index (χ2n) is 15.6. The summed E-state index contributed by atoms with van der Waals surface area (Å²) in [7, 11) is 0. The average molecular weight is 863 g/mol. The quantitative estimate of drug-likeness (QED) is 0.0483. The van der Waals surface area contributed by atoms with E-state index in [0.717, 1.165) is 40.7 Å². The number of unbranched alkanes of at least 4 members (excludes halogenated alkanes) is 1. The Morgan fingerprint density at radius 3 is 1.56 bits per heavy atom. The van der Waals surface area contributed by atoms with Crippen LogP contribution in [0.2, 0.25) is 0 Å². The van der Waals surface area contributed by atoms with E-state index in [9.17, 15) is 4.79 Å². The summed E-state index contributed by atoms with van der Waals surface area (Å²) in [6, 6.07) is 54.9. The van der Waals surface area contributed by atoms with Gasteiger partial charge in [-0.3, -0.25) is 0 Å². The van der Waals surface area contributed by atoms with Crippen LogP contribution in [-0.4, -0.2) is 43.9 Å². The molecule has 0 spiro atoms. The van der Waals surface area contributed by atoms with Gasteiger partial charge in [-0.1, -0.05) is 165 Å². The number of rotatable bonds is 22. The van der Waals surface area contributed by atoms with Crippen LogP contribution >= 0.6 is 0 Å². The lowest BCUT2D eigenvalue weighted by atomic mass is 9.97. The van der Waals surface area contributed by atoms with E-state index in [1.807, 2.05) is 152 Å². The van der Waals surface area contributed by atoms with Crippen molar-refractivity contribution < 1.29 is 42.3 Å². The maximum Gasteiger partial charge on any atom is 0.383 e. The summed E-state index contributed by atoms with van der Waals surface area (Å²) in [5.74, 6) is 0.713. The molecule has 64 heavy (non-hydrogen) atoms. The lowest BCUT2D eigenvalue weighted by Gasteiger charge is -2.45. The second-order valence-corrected chi connectivity index (χ2v) is 15.6. The van der Waals surface area contributed by atoms with Gasteiger partial charge < -0.3 is 42.3 Å². The molecule has 8 rings (SSSR count). The largest absolute Gasteiger partial charge is 0.484 e. The van der Waals surface area contributed by atoms with Gasteiger partial charge in [0.15, 0.2) is 5.75 Å². The summed E-state index contributed by atoms with van der Waals surface area (Å²) in [5, 5.41) is 0.557. The highest BCUT2D eigenvalue weighted by Crippen LogP contribution is 2.37. The molecular weight excluding hydrogens is 809 g/mol. The highest BCUT2D eigenvalue weighted by atomic mass is 16.7. The van der Waals surface area contributed by atoms with E-state index in [-0.39, 0.29) is 37.8 Å². The van der Waals surface area contributed by atoms with Gasteiger partial charge in [0.25, 0.3) is 0 Å². The Balaban J connectivity index is 1.15. The SMILES string of the molecule is CCCCOc1c(OCc2ccccc2)c2ccc(O[C@@H]3O[C@H](COCc4ccccc4)[C@H](OCc4ccccc4)[C@H](OCc4ccccc4)[C@H]3OCc3ccccc3)cc2oc1=O. The van der Waals surface area contributed by atoms with E-state index in [1.165, 1.54) is 0 Å². The zero-order valence-corrected chi connectivity index (χ0v) is 36.0. The molecule has 6 aromatic carbocycles. The first-order valence-corrected chi connectivity index (χ1v) is 21.9. The van der Waals surface area contributed by atoms with Gasteiger partial charge in [-0.15, -0.1) is 0 Å². The van der Waals surface area contributed by atoms with E-state index >= 15 is 0 Å². The summed E-state index contributed by atoms with van der Waals surface area (Å²) in [6.45, 7) is 3.99. The van der Waals surface area contributed by atoms with Gasteiger partial charge in [-0.2, -0.15) is 0 Å². The first-order valence-electron chi connectivity index (χ1n) is 21.9. The minimum absolute atomic E-state index is 0.0360. The topological polar surface area (TPSA) is 104 Å². The van der Waals surface area contributed by atoms with Gasteiger partial charge in [-0.05, 0) is 46.4 Å². The van der Waals surface area contributed by atoms with Gasteiger partial charge in [0.2, 0.25) is 12.0 Å². The average Bonchev–Trinajstić information content (AvgIpc) is 3.34. The third-order valence-electron chi connectivity index (χ3n) is 10.9. The molecule has 2 heterocycles. The van der Waals surface area contributed by atoms with Crippen molar-refractivity contribution in [2.75, 3.05) is 13.2 Å². The molecule has 10 nitrogen and oxygen atoms in total. The molecular formula is C54H54O10. The molecule has 5 atom stereocenters. The highest BCUT2D eigenvalue weighted by molar-refractivity contribution is 5.86. The van der Waals surface area contributed by atoms with Crippen LogP contribution in [0.4, 0.5) is 0 Å². The van der Waals surface area contributed by atoms with Crippen LogP contribution in [0.15, 0.2) is 179 Å². The first-order chi connectivity index (χ1) is 31.6. The molecule has 1 saturated heterocycles. The molecule has 1 aliphatic rings. The number of ether oxygens (including phenoxy) is 8. The number of hydrogen-bond acceptors (Lipinski definition) is 10. The standard InChI is InChI=1S/C54H54O10/c1-2-3-31-57-51-48(58-34-40-21-11-5-12-22-40)45-30-29-44(32-46(45)63-53(51)55)62-54-52(61-37-43-27-17-8-18-28-43)50(60-36-42-25-15-7-16-26-42)49(59-35-41-23-13-6-14-24-41)47(64-54)38-56-33-39-19-9-4-10-20-39/h4-30,32,47,49-50,52,54H,2-3,31,33-38H2,1H3/t47-,49+,50+,52-,54-/m1/s1. The van der Waals surface area contributed by atoms with Crippen molar-refractivity contribution in [1.82, 2.24) is 0 Å². The first kappa shape index (κ1) is 44.3. The van der Waals surface area contributed by atoms with E-state index in [4.69, 9.17) is 42.3 Å². The van der Waals surface area contributed by atoms with Crippen molar-refractivity contribution in [3.8, 4) is 17.2 Å². The molecule has 0 saturated carbocycles. The zero-order chi connectivity index (χ0) is 43.8. The smallest absolute Gasteiger partial charge is 0.383 e. The van der Waals surface area contributed by atoms with Gasteiger partial charge >= 0.3 is 5.63 Å². The van der Waals surface area contributed by atoms with Crippen LogP contribution in [0, 0.1) is 0 Å². The molecule has 0 aliphatic carbocycles. The van der Waals surface area contributed by atoms with E-state index in [0.29, 0.717) is 36.7 Å². The third kappa shape index (κ3) is 12.0. The molecule has 330 valence electrons. The Bertz CT molecular complexity index is 2500. The van der Waals surface area contributed by atoms with Crippen molar-refractivity contribution in [3.63, 3.8) is 0 Å². The van der Waals surface area contributed by atoms with Gasteiger partial charge in [0.1, 0.15) is 42.4 Å². The maximum absolute atomic E-state index is 13.6. The van der Waals surface area contributed by atoms with Crippen LogP contribution in [0.5, 0.6) is 17.2 Å². The molecule has 1 fully saturated rings. The molecule has 7 aromatic rings. The fraction of sp³-hybridized carbons (Fsp3) is 0.278. The Morgan fingerprint density at radius 1 is 0.516 bits per heavy atom. The van der Waals surface area contributed by atoms with Gasteiger partial charge in [0, 0.05) is 6.07 Å². The number of fused-ring (bicyclic) bond motifs is 1. The monoisotopic (exact) mass is 862 g/mol. The Morgan fingerprint density at radius 2 is 1.02 bits per heavy atom. The molecule has 0 unspecified atom stereocenters. The Labute approximate surface area is 374 Å². The Hall–Kier alpha value is -6.27. The molecule has 10 heteroatoms. The van der Waals surface area contributed by atoms with Crippen LogP contribution < -0.4 is 19.8 Å². The number of hydrogen-bond donors (Lipinski definition) is 0. The lowest BCUT2D eigenvalue weighted by molar-refractivity contribution is -0.310. The summed E-state index contributed by atoms with van der Waals surface area (Å²) < 4.78 is 58.9. The minimum atomic E-state index is -1.03. The van der Waals surface area contributed by atoms with E-state index in [2.05, 4.69) is 6.92 Å². The second kappa shape index (κ2) is 22.9. The van der Waals surface area contributed by atoms with Crippen molar-refractivity contribution >= 4 is 11.0 Å². The predicted molar refractivity (Wildman–Crippen MR) is 244 cm³/mol. The van der Waals surface area contributed by atoms with Crippen LogP contribution in [0.1, 0.15) is 47.6 Å². The van der Waals surface area contributed by atoms with Crippen molar-refractivity contribution in [1.29, 1.82) is 0 Å². The minimum Gasteiger partial charge on any atom is -0.484 e. The fourth-order valence-electron chi connectivity index (χ4n) is 7.50. The third-order valence-corrected chi connectivity index (χ3v) is 10.9. The van der Waals surface area contributed by atoms with E-state index in [1.54, 1.807) is 18.2 Å². The molecule has 1 aromatic heterocycles. The van der Waals surface area contributed by atoms with Gasteiger partial charge in [0.05, 0.1) is 45.0 Å². The van der Waals surface area contributed by atoms with Crippen molar-refractivity contribution in [3.05, 3.63) is 208 Å². The van der Waals surface area contributed by atoms with Crippen LogP contribution in [0.3, 0.4) is 0 Å². The predicted octanol–water partition coefficient (Wildman–Crippen LogP) is 10.6. The summed E-state index contributed by atoms with van der Waals surface area (Å²) in [6.07, 6.45) is -2.17. The Kier molecular flexibility index (Phi) is 15.9. The molecule has 0 bridgehead atoms. The molecule has 0 amide bonds.